The van der Waals surface area contributed by atoms with Crippen LogP contribution < -0.4 is 0 Å². The van der Waals surface area contributed by atoms with Gasteiger partial charge in [-0.25, -0.2) is 0 Å². The van der Waals surface area contributed by atoms with Gasteiger partial charge in [0.1, 0.15) is 0 Å². The van der Waals surface area contributed by atoms with Crippen molar-refractivity contribution in [3.05, 3.63) is 0 Å². The van der Waals surface area contributed by atoms with E-state index in [1.807, 2.05) is 0 Å². The van der Waals surface area contributed by atoms with Gasteiger partial charge in [-0.3, -0.25) is 0 Å². The third kappa shape index (κ3) is 24.9. The number of hydrogen-bond donors (Lipinski definition) is 0. The van der Waals surface area contributed by atoms with Gasteiger partial charge >= 0.3 is 0 Å². The molecule has 0 rings (SSSR count). The van der Waals surface area contributed by atoms with Crippen LogP contribution in [0.25, 0.3) is 0 Å². The van der Waals surface area contributed by atoms with Gasteiger partial charge in [0.15, 0.2) is 0 Å². The largest absolute Gasteiger partial charge is 0.0628 e. The Kier molecular flexibility index (Phi) is 9.49. The van der Waals surface area contributed by atoms with E-state index in [4.69, 9.17) is 0 Å². The van der Waals surface area contributed by atoms with Crippen LogP contribution in [-0.4, -0.2) is 0 Å². The molecule has 0 radical (unpaired) electrons. The summed E-state index contributed by atoms with van der Waals surface area (Å²) in [4.78, 5) is 0. The van der Waals surface area contributed by atoms with E-state index >= 15 is 0 Å². The van der Waals surface area contributed by atoms with Crippen molar-refractivity contribution < 1.29 is 0 Å². The van der Waals surface area contributed by atoms with Crippen LogP contribution in [0.4, 0.5) is 0 Å². The second kappa shape index (κ2) is 8.19. The lowest BCUT2D eigenvalue weighted by Gasteiger charge is -2.19. The molecule has 0 unspecified atom stereocenters. The summed E-state index contributed by atoms with van der Waals surface area (Å²) in [6, 6.07) is 0. The van der Waals surface area contributed by atoms with Gasteiger partial charge in [-0.2, -0.15) is 0 Å². The normalized spacial score (nSPS) is 12.0. The van der Waals surface area contributed by atoms with Crippen LogP contribution in [0, 0.1) is 23.2 Å². The summed E-state index contributed by atoms with van der Waals surface area (Å²) in [7, 11) is 0. The molecule has 0 heteroatoms. The molecule has 15 heavy (non-hydrogen) atoms. The van der Waals surface area contributed by atoms with Gasteiger partial charge in [0.2, 0.25) is 0 Å². The highest BCUT2D eigenvalue weighted by Crippen LogP contribution is 2.23. The Labute approximate surface area is 98.9 Å². The van der Waals surface area contributed by atoms with E-state index in [0.29, 0.717) is 5.41 Å². The fourth-order valence-corrected chi connectivity index (χ4v) is 2.17. The maximum Gasteiger partial charge on any atom is -0.0380 e. The van der Waals surface area contributed by atoms with Crippen molar-refractivity contribution in [2.75, 3.05) is 0 Å². The van der Waals surface area contributed by atoms with Gasteiger partial charge in [0, 0.05) is 0 Å². The summed E-state index contributed by atoms with van der Waals surface area (Å²) in [5.41, 5.74) is 0.522. The number of rotatable bonds is 3. The van der Waals surface area contributed by atoms with Gasteiger partial charge < -0.3 is 0 Å². The highest BCUT2D eigenvalue weighted by molar-refractivity contribution is 4.62. The van der Waals surface area contributed by atoms with Crippen molar-refractivity contribution in [1.29, 1.82) is 0 Å². The van der Waals surface area contributed by atoms with Crippen LogP contribution in [0.3, 0.4) is 0 Å². The van der Waals surface area contributed by atoms with Crippen molar-refractivity contribution >= 4 is 0 Å². The predicted octanol–water partition coefficient (Wildman–Crippen LogP) is 5.77. The molecule has 0 spiro atoms. The van der Waals surface area contributed by atoms with Crippen molar-refractivity contribution in [2.24, 2.45) is 23.2 Å². The third-order valence-corrected chi connectivity index (χ3v) is 1.96. The Hall–Kier alpha value is 0. The second-order valence-electron chi connectivity index (χ2n) is 7.18. The van der Waals surface area contributed by atoms with Crippen LogP contribution in [0.2, 0.25) is 0 Å². The fraction of sp³-hybridized carbons (Fsp3) is 1.00. The first-order valence-corrected chi connectivity index (χ1v) is 6.54. The quantitative estimate of drug-likeness (QED) is 0.559. The molecule has 0 heterocycles. The lowest BCUT2D eigenvalue weighted by molar-refractivity contribution is 0.320. The first-order valence-electron chi connectivity index (χ1n) is 6.54. The molecule has 0 bridgehead atoms. The molecule has 0 aromatic heterocycles. The SMILES string of the molecule is CC(C)CC(C)(C)C.CC(C)CC(C)C. The summed E-state index contributed by atoms with van der Waals surface area (Å²) in [6.45, 7) is 20.4. The van der Waals surface area contributed by atoms with Crippen LogP contribution in [-0.2, 0) is 0 Å². The zero-order valence-electron chi connectivity index (χ0n) is 12.6. The van der Waals surface area contributed by atoms with Crippen molar-refractivity contribution in [3.63, 3.8) is 0 Å². The van der Waals surface area contributed by atoms with E-state index < -0.39 is 0 Å². The lowest BCUT2D eigenvalue weighted by atomic mass is 9.86. The average Bonchev–Trinajstić information content (AvgIpc) is 1.76. The van der Waals surface area contributed by atoms with Gasteiger partial charge in [0.05, 0.1) is 0 Å². The molecular formula is C15H34. The molecule has 0 saturated heterocycles. The molecule has 0 aromatic rings. The Morgan fingerprint density at radius 1 is 0.667 bits per heavy atom. The first-order chi connectivity index (χ1) is 6.54. The molecule has 0 N–H and O–H groups in total. The van der Waals surface area contributed by atoms with E-state index in [-0.39, 0.29) is 0 Å². The minimum absolute atomic E-state index is 0.522. The molecule has 0 saturated carbocycles. The predicted molar refractivity (Wildman–Crippen MR) is 73.2 cm³/mol. The minimum Gasteiger partial charge on any atom is -0.0628 e. The molecule has 0 nitrogen and oxygen atoms in total. The van der Waals surface area contributed by atoms with Crippen molar-refractivity contribution in [2.45, 2.75) is 75.2 Å². The Balaban J connectivity index is 0. The van der Waals surface area contributed by atoms with E-state index in [1.54, 1.807) is 0 Å². The molecule has 0 amide bonds. The van der Waals surface area contributed by atoms with Crippen LogP contribution in [0.15, 0.2) is 0 Å². The molecule has 0 atom stereocenters. The standard InChI is InChI=1S/C8H18.C7H16/c1-7(2)6-8(3,4)5;1-6(2)5-7(3)4/h7H,6H2,1-5H3;6-7H,5H2,1-4H3. The van der Waals surface area contributed by atoms with Crippen molar-refractivity contribution in [3.8, 4) is 0 Å². The topological polar surface area (TPSA) is 0 Å². The Morgan fingerprint density at radius 3 is 1.00 bits per heavy atom. The Morgan fingerprint density at radius 2 is 1.00 bits per heavy atom. The average molecular weight is 214 g/mol. The summed E-state index contributed by atoms with van der Waals surface area (Å²) in [5, 5.41) is 0. The highest BCUT2D eigenvalue weighted by Gasteiger charge is 2.11. The monoisotopic (exact) mass is 214 g/mol. The van der Waals surface area contributed by atoms with Gasteiger partial charge in [-0.05, 0) is 36.0 Å². The molecule has 0 aromatic carbocycles. The second-order valence-corrected chi connectivity index (χ2v) is 7.18. The highest BCUT2D eigenvalue weighted by atomic mass is 14.2. The molecule has 0 aliphatic carbocycles. The van der Waals surface area contributed by atoms with E-state index in [0.717, 1.165) is 17.8 Å². The van der Waals surface area contributed by atoms with Crippen molar-refractivity contribution in [1.82, 2.24) is 0 Å². The van der Waals surface area contributed by atoms with Gasteiger partial charge in [-0.1, -0.05) is 62.3 Å². The van der Waals surface area contributed by atoms with Gasteiger partial charge in [-0.15, -0.1) is 0 Å². The van der Waals surface area contributed by atoms with E-state index in [2.05, 4.69) is 62.3 Å². The molecule has 0 aliphatic rings. The zero-order valence-corrected chi connectivity index (χ0v) is 12.6. The Bertz CT molecular complexity index is 117. The van der Waals surface area contributed by atoms with E-state index in [9.17, 15) is 0 Å². The van der Waals surface area contributed by atoms with E-state index in [1.165, 1.54) is 12.8 Å². The van der Waals surface area contributed by atoms with Crippen LogP contribution in [0.1, 0.15) is 75.2 Å². The third-order valence-electron chi connectivity index (χ3n) is 1.96. The molecule has 0 fully saturated rings. The smallest absolute Gasteiger partial charge is 0.0380 e. The molecular weight excluding hydrogens is 180 g/mol. The van der Waals surface area contributed by atoms with Gasteiger partial charge in [0.25, 0.3) is 0 Å². The first kappa shape index (κ1) is 17.4. The maximum absolute atomic E-state index is 2.28. The van der Waals surface area contributed by atoms with Crippen LogP contribution in [0.5, 0.6) is 0 Å². The zero-order chi connectivity index (χ0) is 12.6. The molecule has 0 aliphatic heterocycles. The summed E-state index contributed by atoms with van der Waals surface area (Å²) in [6.07, 6.45) is 2.69. The summed E-state index contributed by atoms with van der Waals surface area (Å²) in [5.74, 6) is 2.59. The summed E-state index contributed by atoms with van der Waals surface area (Å²) >= 11 is 0. The molecule has 94 valence electrons. The maximum atomic E-state index is 2.28. The summed E-state index contributed by atoms with van der Waals surface area (Å²) < 4.78 is 0. The number of hydrogen-bond acceptors (Lipinski definition) is 0. The lowest BCUT2D eigenvalue weighted by Crippen LogP contribution is -2.08. The fourth-order valence-electron chi connectivity index (χ4n) is 2.17. The minimum atomic E-state index is 0.522. The van der Waals surface area contributed by atoms with Crippen LogP contribution >= 0.6 is 0 Å².